The number of aliphatic hydroxyl groups excluding tert-OH is 1. The summed E-state index contributed by atoms with van der Waals surface area (Å²) >= 11 is 1.65. The summed E-state index contributed by atoms with van der Waals surface area (Å²) in [6, 6.07) is 6.81. The highest BCUT2D eigenvalue weighted by molar-refractivity contribution is 7.99. The first-order chi connectivity index (χ1) is 7.13. The molecule has 1 aromatic carbocycles. The maximum absolute atomic E-state index is 10.6. The van der Waals surface area contributed by atoms with Crippen molar-refractivity contribution in [3.8, 4) is 0 Å². The Morgan fingerprint density at radius 1 is 1.40 bits per heavy atom. The molecule has 4 heteroatoms. The fourth-order valence-corrected chi connectivity index (χ4v) is 1.81. The Hall–Kier alpha value is -1.00. The molecular weight excluding hydrogens is 212 g/mol. The van der Waals surface area contributed by atoms with E-state index in [0.29, 0.717) is 5.56 Å². The lowest BCUT2D eigenvalue weighted by Crippen LogP contribution is -2.02. The van der Waals surface area contributed by atoms with Crippen LogP contribution in [-0.4, -0.2) is 28.0 Å². The molecule has 0 saturated heterocycles. The number of thioether (sulfide) groups is 1. The van der Waals surface area contributed by atoms with E-state index in [1.54, 1.807) is 36.0 Å². The third-order valence-electron chi connectivity index (χ3n) is 1.99. The number of aromatic carboxylic acids is 1. The van der Waals surface area contributed by atoms with Gasteiger partial charge in [0.05, 0.1) is 12.2 Å². The molecule has 0 saturated carbocycles. The van der Waals surface area contributed by atoms with Crippen LogP contribution in [0.25, 0.3) is 0 Å². The quantitative estimate of drug-likeness (QED) is 0.806. The Balaban J connectivity index is 2.53. The zero-order valence-corrected chi connectivity index (χ0v) is 9.33. The molecule has 0 aromatic heterocycles. The van der Waals surface area contributed by atoms with Crippen molar-refractivity contribution in [2.45, 2.75) is 17.9 Å². The summed E-state index contributed by atoms with van der Waals surface area (Å²) in [6.45, 7) is 2.12. The lowest BCUT2D eigenvalue weighted by Gasteiger charge is -2.07. The highest BCUT2D eigenvalue weighted by atomic mass is 32.2. The van der Waals surface area contributed by atoms with E-state index >= 15 is 0 Å². The standard InChI is InChI=1S/C11H14O3S/c1-8(6-12)15-7-9-2-4-10(5-3-9)11(13)14/h2-5,8,12H,6-7H2,1H3,(H,13,14). The summed E-state index contributed by atoms with van der Waals surface area (Å²) in [6.07, 6.45) is 0. The number of hydrogen-bond acceptors (Lipinski definition) is 3. The molecule has 0 spiro atoms. The number of carboxylic acids is 1. The average molecular weight is 226 g/mol. The van der Waals surface area contributed by atoms with E-state index in [2.05, 4.69) is 0 Å². The van der Waals surface area contributed by atoms with Crippen molar-refractivity contribution < 1.29 is 15.0 Å². The molecule has 0 amide bonds. The van der Waals surface area contributed by atoms with Crippen LogP contribution < -0.4 is 0 Å². The normalized spacial score (nSPS) is 12.4. The Morgan fingerprint density at radius 3 is 2.47 bits per heavy atom. The van der Waals surface area contributed by atoms with Gasteiger partial charge in [0.2, 0.25) is 0 Å². The van der Waals surface area contributed by atoms with Crippen LogP contribution >= 0.6 is 11.8 Å². The number of aliphatic hydroxyl groups is 1. The summed E-state index contributed by atoms with van der Waals surface area (Å²) in [7, 11) is 0. The molecule has 1 unspecified atom stereocenters. The van der Waals surface area contributed by atoms with E-state index in [4.69, 9.17) is 10.2 Å². The molecule has 0 aliphatic rings. The van der Waals surface area contributed by atoms with Gasteiger partial charge in [0.25, 0.3) is 0 Å². The predicted octanol–water partition coefficient (Wildman–Crippen LogP) is 2.00. The minimum absolute atomic E-state index is 0.165. The fraction of sp³-hybridized carbons (Fsp3) is 0.364. The van der Waals surface area contributed by atoms with Crippen LogP contribution in [0.15, 0.2) is 24.3 Å². The van der Waals surface area contributed by atoms with Gasteiger partial charge in [-0.1, -0.05) is 19.1 Å². The van der Waals surface area contributed by atoms with Crippen molar-refractivity contribution in [3.05, 3.63) is 35.4 Å². The lowest BCUT2D eigenvalue weighted by molar-refractivity contribution is 0.0697. The van der Waals surface area contributed by atoms with Crippen molar-refractivity contribution in [1.29, 1.82) is 0 Å². The molecule has 3 nitrogen and oxygen atoms in total. The van der Waals surface area contributed by atoms with Gasteiger partial charge in [-0.25, -0.2) is 4.79 Å². The van der Waals surface area contributed by atoms with Gasteiger partial charge in [0, 0.05) is 11.0 Å². The molecule has 0 aliphatic carbocycles. The smallest absolute Gasteiger partial charge is 0.335 e. The predicted molar refractivity (Wildman–Crippen MR) is 61.2 cm³/mol. The van der Waals surface area contributed by atoms with E-state index in [1.807, 2.05) is 6.92 Å². The molecule has 0 radical (unpaired) electrons. The number of carbonyl (C=O) groups is 1. The average Bonchev–Trinajstić information content (AvgIpc) is 2.26. The van der Waals surface area contributed by atoms with Gasteiger partial charge in [0.15, 0.2) is 0 Å². The van der Waals surface area contributed by atoms with Gasteiger partial charge in [-0.2, -0.15) is 11.8 Å². The molecule has 2 N–H and O–H groups in total. The second-order valence-corrected chi connectivity index (χ2v) is 4.73. The van der Waals surface area contributed by atoms with E-state index in [9.17, 15) is 4.79 Å². The highest BCUT2D eigenvalue weighted by Gasteiger charge is 2.03. The zero-order valence-electron chi connectivity index (χ0n) is 8.51. The van der Waals surface area contributed by atoms with Crippen LogP contribution in [0, 0.1) is 0 Å². The van der Waals surface area contributed by atoms with Crippen molar-refractivity contribution in [2.24, 2.45) is 0 Å². The Morgan fingerprint density at radius 2 is 2.00 bits per heavy atom. The fourth-order valence-electron chi connectivity index (χ4n) is 1.03. The first kappa shape index (κ1) is 12.1. The summed E-state index contributed by atoms with van der Waals surface area (Å²) in [5.74, 6) is -0.111. The van der Waals surface area contributed by atoms with Crippen molar-refractivity contribution in [2.75, 3.05) is 6.61 Å². The van der Waals surface area contributed by atoms with E-state index < -0.39 is 5.97 Å². The molecule has 0 bridgehead atoms. The SMILES string of the molecule is CC(CO)SCc1ccc(C(=O)O)cc1. The minimum Gasteiger partial charge on any atom is -0.478 e. The number of carboxylic acid groups (broad SMARTS) is 1. The highest BCUT2D eigenvalue weighted by Crippen LogP contribution is 2.17. The van der Waals surface area contributed by atoms with Crippen molar-refractivity contribution in [1.82, 2.24) is 0 Å². The van der Waals surface area contributed by atoms with Gasteiger partial charge in [-0.05, 0) is 17.7 Å². The van der Waals surface area contributed by atoms with E-state index in [0.717, 1.165) is 11.3 Å². The molecule has 1 rings (SSSR count). The van der Waals surface area contributed by atoms with Crippen LogP contribution in [0.2, 0.25) is 0 Å². The first-order valence-electron chi connectivity index (χ1n) is 4.68. The van der Waals surface area contributed by atoms with Gasteiger partial charge < -0.3 is 10.2 Å². The topological polar surface area (TPSA) is 57.5 Å². The monoisotopic (exact) mass is 226 g/mol. The molecule has 82 valence electrons. The number of benzene rings is 1. The van der Waals surface area contributed by atoms with Gasteiger partial charge >= 0.3 is 5.97 Å². The molecule has 0 fully saturated rings. The molecule has 15 heavy (non-hydrogen) atoms. The number of rotatable bonds is 5. The van der Waals surface area contributed by atoms with Crippen molar-refractivity contribution >= 4 is 17.7 Å². The summed E-state index contributed by atoms with van der Waals surface area (Å²) in [4.78, 5) is 10.6. The van der Waals surface area contributed by atoms with E-state index in [-0.39, 0.29) is 11.9 Å². The minimum atomic E-state index is -0.905. The van der Waals surface area contributed by atoms with Crippen LogP contribution in [-0.2, 0) is 5.75 Å². The maximum atomic E-state index is 10.6. The summed E-state index contributed by atoms with van der Waals surface area (Å²) < 4.78 is 0. The van der Waals surface area contributed by atoms with Crippen LogP contribution in [0.1, 0.15) is 22.8 Å². The molecule has 1 aromatic rings. The molecular formula is C11H14O3S. The van der Waals surface area contributed by atoms with Crippen molar-refractivity contribution in [3.63, 3.8) is 0 Å². The lowest BCUT2D eigenvalue weighted by atomic mass is 10.1. The molecule has 0 aliphatic heterocycles. The first-order valence-corrected chi connectivity index (χ1v) is 5.73. The third-order valence-corrected chi connectivity index (χ3v) is 3.21. The van der Waals surface area contributed by atoms with Crippen LogP contribution in [0.5, 0.6) is 0 Å². The maximum Gasteiger partial charge on any atom is 0.335 e. The summed E-state index contributed by atoms with van der Waals surface area (Å²) in [5, 5.41) is 17.7. The van der Waals surface area contributed by atoms with Gasteiger partial charge in [0.1, 0.15) is 0 Å². The molecule has 1 atom stereocenters. The third kappa shape index (κ3) is 3.93. The Bertz CT molecular complexity index is 321. The van der Waals surface area contributed by atoms with Crippen LogP contribution in [0.3, 0.4) is 0 Å². The second-order valence-electron chi connectivity index (χ2n) is 3.31. The molecule has 0 heterocycles. The summed E-state index contributed by atoms with van der Waals surface area (Å²) in [5.41, 5.74) is 1.38. The Labute approximate surface area is 93.1 Å². The van der Waals surface area contributed by atoms with Gasteiger partial charge in [-0.15, -0.1) is 0 Å². The Kier molecular flexibility index (Phi) is 4.65. The number of hydrogen-bond donors (Lipinski definition) is 2. The van der Waals surface area contributed by atoms with Gasteiger partial charge in [-0.3, -0.25) is 0 Å². The van der Waals surface area contributed by atoms with E-state index in [1.165, 1.54) is 0 Å². The van der Waals surface area contributed by atoms with Crippen LogP contribution in [0.4, 0.5) is 0 Å². The second kappa shape index (κ2) is 5.78. The zero-order chi connectivity index (χ0) is 11.3. The largest absolute Gasteiger partial charge is 0.478 e.